The second kappa shape index (κ2) is 10.5. The summed E-state index contributed by atoms with van der Waals surface area (Å²) in [6.07, 6.45) is -3.26. The predicted octanol–water partition coefficient (Wildman–Crippen LogP) is 4.68. The molecule has 1 aromatic heterocycles. The Morgan fingerprint density at radius 3 is 2.26 bits per heavy atom. The van der Waals surface area contributed by atoms with Gasteiger partial charge in [-0.25, -0.2) is 9.59 Å². The zero-order valence-electron chi connectivity index (χ0n) is 18.4. The maximum absolute atomic E-state index is 13.1. The molecule has 182 valence electrons. The summed E-state index contributed by atoms with van der Waals surface area (Å²) in [6.45, 7) is 0. The molecule has 0 unspecified atom stereocenters. The molecule has 0 spiro atoms. The molecule has 12 heteroatoms. The molecule has 3 rings (SSSR count). The molecular weight excluding hydrogens is 469 g/mol. The van der Waals surface area contributed by atoms with E-state index in [9.17, 15) is 27.6 Å². The fourth-order valence-corrected chi connectivity index (χ4v) is 2.87. The number of rotatable bonds is 6. The summed E-state index contributed by atoms with van der Waals surface area (Å²) in [4.78, 5) is 39.9. The Hall–Kier alpha value is -4.61. The molecule has 0 saturated heterocycles. The van der Waals surface area contributed by atoms with Gasteiger partial charge in [-0.05, 0) is 48.5 Å². The first kappa shape index (κ1) is 25.0. The molecule has 1 heterocycles. The first-order valence-corrected chi connectivity index (χ1v) is 9.94. The Morgan fingerprint density at radius 1 is 0.914 bits per heavy atom. The zero-order chi connectivity index (χ0) is 25.6. The number of alkyl halides is 3. The van der Waals surface area contributed by atoms with Gasteiger partial charge in [0, 0.05) is 25.0 Å². The van der Waals surface area contributed by atoms with E-state index in [-0.39, 0.29) is 22.9 Å². The van der Waals surface area contributed by atoms with Gasteiger partial charge in [0.25, 0.3) is 5.91 Å². The molecular formula is C23H19F3N4O5. The van der Waals surface area contributed by atoms with Crippen LogP contribution in [0.15, 0.2) is 60.8 Å². The van der Waals surface area contributed by atoms with Gasteiger partial charge >= 0.3 is 18.2 Å². The monoisotopic (exact) mass is 488 g/mol. The summed E-state index contributed by atoms with van der Waals surface area (Å²) in [7, 11) is 2.54. The number of hydrogen-bond donors (Lipinski definition) is 3. The van der Waals surface area contributed by atoms with Gasteiger partial charge < -0.3 is 25.4 Å². The molecule has 3 amide bonds. The third-order valence-corrected chi connectivity index (χ3v) is 4.54. The van der Waals surface area contributed by atoms with Crippen LogP contribution < -0.4 is 20.7 Å². The van der Waals surface area contributed by atoms with Crippen molar-refractivity contribution in [3.8, 4) is 11.5 Å². The van der Waals surface area contributed by atoms with Crippen molar-refractivity contribution in [2.75, 3.05) is 24.8 Å². The highest BCUT2D eigenvalue weighted by Gasteiger charge is 2.32. The number of urea groups is 1. The second-order valence-corrected chi connectivity index (χ2v) is 6.91. The molecule has 0 aliphatic rings. The normalized spacial score (nSPS) is 10.8. The number of anilines is 2. The Kier molecular flexibility index (Phi) is 7.54. The summed E-state index contributed by atoms with van der Waals surface area (Å²) in [5.41, 5.74) is -1.19. The van der Waals surface area contributed by atoms with Gasteiger partial charge in [-0.3, -0.25) is 9.78 Å². The first-order chi connectivity index (χ1) is 16.6. The number of hydrogen-bond acceptors (Lipinski definition) is 6. The van der Waals surface area contributed by atoms with Gasteiger partial charge in [0.15, 0.2) is 0 Å². The summed E-state index contributed by atoms with van der Waals surface area (Å²) >= 11 is 0. The number of carbonyl (C=O) groups excluding carboxylic acids is 3. The number of aromatic nitrogens is 1. The number of esters is 1. The van der Waals surface area contributed by atoms with Gasteiger partial charge in [0.2, 0.25) is 0 Å². The number of pyridine rings is 1. The summed E-state index contributed by atoms with van der Waals surface area (Å²) in [5, 5.41) is 7.14. The molecule has 35 heavy (non-hydrogen) atoms. The highest BCUT2D eigenvalue weighted by Crippen LogP contribution is 2.32. The third-order valence-electron chi connectivity index (χ3n) is 4.54. The molecule has 0 radical (unpaired) electrons. The number of nitrogens with zero attached hydrogens (tertiary/aromatic N) is 1. The zero-order valence-corrected chi connectivity index (χ0v) is 18.4. The van der Waals surface area contributed by atoms with Crippen LogP contribution in [0.3, 0.4) is 0 Å². The number of carbonyl (C=O) groups is 3. The first-order valence-electron chi connectivity index (χ1n) is 9.94. The average Bonchev–Trinajstić information content (AvgIpc) is 2.83. The van der Waals surface area contributed by atoms with E-state index in [0.717, 1.165) is 13.2 Å². The van der Waals surface area contributed by atoms with Crippen molar-refractivity contribution in [3.63, 3.8) is 0 Å². The number of methoxy groups -OCH3 is 1. The lowest BCUT2D eigenvalue weighted by atomic mass is 10.1. The lowest BCUT2D eigenvalue weighted by Crippen LogP contribution is -2.22. The van der Waals surface area contributed by atoms with E-state index in [2.05, 4.69) is 25.7 Å². The highest BCUT2D eigenvalue weighted by atomic mass is 19.4. The maximum atomic E-state index is 13.1. The highest BCUT2D eigenvalue weighted by molar-refractivity contribution is 6.05. The van der Waals surface area contributed by atoms with Gasteiger partial charge in [0.1, 0.15) is 17.2 Å². The quantitative estimate of drug-likeness (QED) is 0.434. The van der Waals surface area contributed by atoms with Gasteiger partial charge in [-0.2, -0.15) is 13.2 Å². The van der Waals surface area contributed by atoms with E-state index in [4.69, 9.17) is 4.74 Å². The van der Waals surface area contributed by atoms with Crippen molar-refractivity contribution < 1.29 is 37.0 Å². The van der Waals surface area contributed by atoms with Gasteiger partial charge in [-0.1, -0.05) is 0 Å². The Bertz CT molecular complexity index is 1250. The van der Waals surface area contributed by atoms with Crippen LogP contribution in [0.4, 0.5) is 29.3 Å². The van der Waals surface area contributed by atoms with E-state index < -0.39 is 23.7 Å². The van der Waals surface area contributed by atoms with Crippen LogP contribution in [0, 0.1) is 0 Å². The van der Waals surface area contributed by atoms with E-state index in [1.54, 1.807) is 6.07 Å². The van der Waals surface area contributed by atoms with Crippen molar-refractivity contribution in [1.29, 1.82) is 0 Å². The lowest BCUT2D eigenvalue weighted by Gasteiger charge is -2.14. The summed E-state index contributed by atoms with van der Waals surface area (Å²) < 4.78 is 49.4. The number of halogens is 3. The summed E-state index contributed by atoms with van der Waals surface area (Å²) in [5.74, 6) is -0.545. The van der Waals surface area contributed by atoms with Crippen LogP contribution in [0.5, 0.6) is 11.5 Å². The van der Waals surface area contributed by atoms with Crippen molar-refractivity contribution >= 4 is 29.3 Å². The Labute approximate surface area is 197 Å². The van der Waals surface area contributed by atoms with Crippen LogP contribution in [0.25, 0.3) is 0 Å². The molecule has 0 aliphatic heterocycles. The molecule has 0 aliphatic carbocycles. The number of ether oxygens (including phenoxy) is 2. The Balaban J connectivity index is 1.70. The topological polar surface area (TPSA) is 119 Å². The van der Waals surface area contributed by atoms with Crippen molar-refractivity contribution in [2.24, 2.45) is 0 Å². The smallest absolute Gasteiger partial charge is 0.416 e. The number of amides is 3. The molecule has 0 saturated carbocycles. The molecule has 3 aromatic rings. The summed E-state index contributed by atoms with van der Waals surface area (Å²) in [6, 6.07) is 10.4. The molecule has 0 bridgehead atoms. The second-order valence-electron chi connectivity index (χ2n) is 6.91. The number of benzene rings is 2. The van der Waals surface area contributed by atoms with Crippen molar-refractivity contribution in [1.82, 2.24) is 10.3 Å². The van der Waals surface area contributed by atoms with Crippen molar-refractivity contribution in [2.45, 2.75) is 6.18 Å². The third kappa shape index (κ3) is 6.47. The molecule has 0 fully saturated rings. The van der Waals surface area contributed by atoms with Crippen LogP contribution in [0.2, 0.25) is 0 Å². The minimum absolute atomic E-state index is 0.167. The van der Waals surface area contributed by atoms with Crippen LogP contribution in [-0.4, -0.2) is 37.0 Å². The largest absolute Gasteiger partial charge is 0.465 e. The van der Waals surface area contributed by atoms with Gasteiger partial charge in [-0.15, -0.1) is 0 Å². The fraction of sp³-hybridized carbons (Fsp3) is 0.130. The Morgan fingerprint density at radius 2 is 1.63 bits per heavy atom. The lowest BCUT2D eigenvalue weighted by molar-refractivity contribution is -0.137. The average molecular weight is 488 g/mol. The van der Waals surface area contributed by atoms with Gasteiger partial charge in [0.05, 0.1) is 23.9 Å². The minimum atomic E-state index is -4.67. The predicted molar refractivity (Wildman–Crippen MR) is 120 cm³/mol. The fourth-order valence-electron chi connectivity index (χ4n) is 2.87. The molecule has 9 nitrogen and oxygen atoms in total. The SMILES string of the molecule is CNC(=O)c1cc(Oc2ccc(NC(=O)Nc3cc(C(F)(F)F)ccc3C(=O)OC)cc2)ccn1. The van der Waals surface area contributed by atoms with Crippen LogP contribution in [-0.2, 0) is 10.9 Å². The van der Waals surface area contributed by atoms with E-state index in [0.29, 0.717) is 29.3 Å². The van der Waals surface area contributed by atoms with Crippen LogP contribution >= 0.6 is 0 Å². The molecule has 3 N–H and O–H groups in total. The molecule has 2 aromatic carbocycles. The molecule has 0 atom stereocenters. The van der Waals surface area contributed by atoms with Crippen LogP contribution in [0.1, 0.15) is 26.4 Å². The van der Waals surface area contributed by atoms with Crippen molar-refractivity contribution in [3.05, 3.63) is 77.6 Å². The number of nitrogens with one attached hydrogen (secondary N) is 3. The van der Waals surface area contributed by atoms with E-state index in [1.807, 2.05) is 0 Å². The maximum Gasteiger partial charge on any atom is 0.416 e. The van der Waals surface area contributed by atoms with E-state index in [1.165, 1.54) is 43.6 Å². The standard InChI is InChI=1S/C23H19F3N4O5/c1-27-20(31)19-12-16(9-10-28-19)35-15-6-4-14(5-7-15)29-22(33)30-18-11-13(23(24,25)26)3-8-17(18)21(32)34-2/h3-12H,1-2H3,(H,27,31)(H2,29,30,33). The van der Waals surface area contributed by atoms with E-state index >= 15 is 0 Å². The minimum Gasteiger partial charge on any atom is -0.465 e.